The number of hydrogen-bond acceptors (Lipinski definition) is 4. The summed E-state index contributed by atoms with van der Waals surface area (Å²) in [7, 11) is 0. The average Bonchev–Trinajstić information content (AvgIpc) is 2.27. The van der Waals surface area contributed by atoms with Crippen LogP contribution in [0.5, 0.6) is 0 Å². The lowest BCUT2D eigenvalue weighted by Crippen LogP contribution is -2.51. The molecule has 0 radical (unpaired) electrons. The standard InChI is InChI=1S/C10H22N2O2/c1-10(7-13,8-14)12-6-9-2-4-11-5-3-9/h9,11-14H,2-8H2,1H3. The van der Waals surface area contributed by atoms with E-state index >= 15 is 0 Å². The SMILES string of the molecule is CC(CO)(CO)NCC1CCNCC1. The quantitative estimate of drug-likeness (QED) is 0.477. The van der Waals surface area contributed by atoms with E-state index in [1.54, 1.807) is 0 Å². The fourth-order valence-electron chi connectivity index (χ4n) is 1.64. The fraction of sp³-hybridized carbons (Fsp3) is 1.00. The maximum Gasteiger partial charge on any atom is 0.0633 e. The second-order valence-corrected chi connectivity index (χ2v) is 4.45. The van der Waals surface area contributed by atoms with E-state index in [1.165, 1.54) is 12.8 Å². The molecule has 0 atom stereocenters. The largest absolute Gasteiger partial charge is 0.394 e. The molecule has 0 aromatic heterocycles. The van der Waals surface area contributed by atoms with E-state index in [-0.39, 0.29) is 13.2 Å². The zero-order chi connectivity index (χ0) is 10.4. The molecule has 0 amide bonds. The van der Waals surface area contributed by atoms with Gasteiger partial charge in [0.25, 0.3) is 0 Å². The minimum absolute atomic E-state index is 0.0194. The first-order valence-corrected chi connectivity index (χ1v) is 5.37. The maximum absolute atomic E-state index is 9.08. The minimum atomic E-state index is -0.523. The van der Waals surface area contributed by atoms with Crippen molar-refractivity contribution in [3.05, 3.63) is 0 Å². The molecule has 4 nitrogen and oxygen atoms in total. The van der Waals surface area contributed by atoms with Gasteiger partial charge in [0.05, 0.1) is 18.8 Å². The van der Waals surface area contributed by atoms with Gasteiger partial charge in [0.2, 0.25) is 0 Å². The summed E-state index contributed by atoms with van der Waals surface area (Å²) in [6.45, 7) is 4.86. The topological polar surface area (TPSA) is 64.5 Å². The number of aliphatic hydroxyl groups is 2. The molecule has 1 rings (SSSR count). The van der Waals surface area contributed by atoms with Crippen molar-refractivity contribution >= 4 is 0 Å². The Morgan fingerprint density at radius 1 is 1.29 bits per heavy atom. The van der Waals surface area contributed by atoms with Crippen LogP contribution in [0, 0.1) is 5.92 Å². The van der Waals surface area contributed by atoms with Crippen molar-refractivity contribution < 1.29 is 10.2 Å². The normalized spacial score (nSPS) is 19.9. The molecule has 0 aromatic rings. The Morgan fingerprint density at radius 2 is 1.86 bits per heavy atom. The summed E-state index contributed by atoms with van der Waals surface area (Å²) >= 11 is 0. The number of aliphatic hydroxyl groups excluding tert-OH is 2. The van der Waals surface area contributed by atoms with Crippen molar-refractivity contribution in [2.45, 2.75) is 25.3 Å². The third-order valence-corrected chi connectivity index (χ3v) is 2.97. The van der Waals surface area contributed by atoms with Gasteiger partial charge in [0.15, 0.2) is 0 Å². The highest BCUT2D eigenvalue weighted by molar-refractivity contribution is 4.83. The summed E-state index contributed by atoms with van der Waals surface area (Å²) in [5.41, 5.74) is -0.523. The fourth-order valence-corrected chi connectivity index (χ4v) is 1.64. The van der Waals surface area contributed by atoms with Gasteiger partial charge in [-0.1, -0.05) is 0 Å². The molecule has 0 saturated carbocycles. The van der Waals surface area contributed by atoms with Crippen LogP contribution in [-0.2, 0) is 0 Å². The van der Waals surface area contributed by atoms with Gasteiger partial charge in [0.1, 0.15) is 0 Å². The molecule has 4 N–H and O–H groups in total. The van der Waals surface area contributed by atoms with Crippen molar-refractivity contribution in [1.82, 2.24) is 10.6 Å². The highest BCUT2D eigenvalue weighted by Crippen LogP contribution is 2.11. The third-order valence-electron chi connectivity index (χ3n) is 2.97. The molecular formula is C10H22N2O2. The molecule has 84 valence electrons. The van der Waals surface area contributed by atoms with Crippen molar-refractivity contribution in [1.29, 1.82) is 0 Å². The van der Waals surface area contributed by atoms with E-state index in [1.807, 2.05) is 6.92 Å². The Morgan fingerprint density at radius 3 is 2.36 bits per heavy atom. The summed E-state index contributed by atoms with van der Waals surface area (Å²) in [6, 6.07) is 0. The molecule has 1 saturated heterocycles. The van der Waals surface area contributed by atoms with Crippen LogP contribution in [-0.4, -0.2) is 48.6 Å². The van der Waals surface area contributed by atoms with Crippen LogP contribution in [0.4, 0.5) is 0 Å². The lowest BCUT2D eigenvalue weighted by atomic mass is 9.96. The Kier molecular flexibility index (Phi) is 4.81. The number of rotatable bonds is 5. The zero-order valence-electron chi connectivity index (χ0n) is 8.92. The Bertz CT molecular complexity index is 154. The van der Waals surface area contributed by atoms with E-state index in [9.17, 15) is 0 Å². The first kappa shape index (κ1) is 11.9. The van der Waals surface area contributed by atoms with Crippen LogP contribution >= 0.6 is 0 Å². The van der Waals surface area contributed by atoms with Crippen LogP contribution in [0.1, 0.15) is 19.8 Å². The van der Waals surface area contributed by atoms with Gasteiger partial charge in [-0.2, -0.15) is 0 Å². The first-order valence-electron chi connectivity index (χ1n) is 5.37. The molecule has 1 fully saturated rings. The molecule has 14 heavy (non-hydrogen) atoms. The van der Waals surface area contributed by atoms with E-state index in [4.69, 9.17) is 10.2 Å². The molecule has 1 aliphatic heterocycles. The minimum Gasteiger partial charge on any atom is -0.394 e. The highest BCUT2D eigenvalue weighted by Gasteiger charge is 2.23. The smallest absolute Gasteiger partial charge is 0.0633 e. The number of piperidine rings is 1. The third kappa shape index (κ3) is 3.53. The molecule has 0 spiro atoms. The van der Waals surface area contributed by atoms with Crippen molar-refractivity contribution in [2.75, 3.05) is 32.8 Å². The summed E-state index contributed by atoms with van der Waals surface area (Å²) in [6.07, 6.45) is 2.36. The molecule has 4 heteroatoms. The van der Waals surface area contributed by atoms with Gasteiger partial charge in [-0.25, -0.2) is 0 Å². The summed E-state index contributed by atoms with van der Waals surface area (Å²) in [5, 5.41) is 24.7. The Balaban J connectivity index is 2.23. The Hall–Kier alpha value is -0.160. The van der Waals surface area contributed by atoms with Crippen LogP contribution in [0.25, 0.3) is 0 Å². The summed E-state index contributed by atoms with van der Waals surface area (Å²) in [5.74, 6) is 0.675. The van der Waals surface area contributed by atoms with Gasteiger partial charge in [0, 0.05) is 0 Å². The molecule has 0 unspecified atom stereocenters. The highest BCUT2D eigenvalue weighted by atomic mass is 16.3. The van der Waals surface area contributed by atoms with E-state index in [2.05, 4.69) is 10.6 Å². The lowest BCUT2D eigenvalue weighted by molar-refractivity contribution is 0.0987. The van der Waals surface area contributed by atoms with Crippen LogP contribution in [0.15, 0.2) is 0 Å². The molecule has 0 aliphatic carbocycles. The van der Waals surface area contributed by atoms with E-state index < -0.39 is 5.54 Å². The second-order valence-electron chi connectivity index (χ2n) is 4.45. The Labute approximate surface area is 85.7 Å². The molecule has 1 heterocycles. The lowest BCUT2D eigenvalue weighted by Gasteiger charge is -2.30. The van der Waals surface area contributed by atoms with Crippen LogP contribution < -0.4 is 10.6 Å². The van der Waals surface area contributed by atoms with Gasteiger partial charge in [-0.05, 0) is 45.3 Å². The molecule has 0 aromatic carbocycles. The number of hydrogen-bond donors (Lipinski definition) is 4. The van der Waals surface area contributed by atoms with Gasteiger partial charge in [-0.15, -0.1) is 0 Å². The predicted octanol–water partition coefficient (Wildman–Crippen LogP) is -0.681. The predicted molar refractivity (Wildman–Crippen MR) is 56.2 cm³/mol. The van der Waals surface area contributed by atoms with E-state index in [0.29, 0.717) is 5.92 Å². The van der Waals surface area contributed by atoms with Gasteiger partial charge < -0.3 is 20.8 Å². The van der Waals surface area contributed by atoms with Crippen LogP contribution in [0.2, 0.25) is 0 Å². The molecule has 0 bridgehead atoms. The number of nitrogens with one attached hydrogen (secondary N) is 2. The van der Waals surface area contributed by atoms with Crippen LogP contribution in [0.3, 0.4) is 0 Å². The van der Waals surface area contributed by atoms with Crippen molar-refractivity contribution in [3.8, 4) is 0 Å². The van der Waals surface area contributed by atoms with Gasteiger partial charge >= 0.3 is 0 Å². The maximum atomic E-state index is 9.08. The van der Waals surface area contributed by atoms with Crippen molar-refractivity contribution in [3.63, 3.8) is 0 Å². The monoisotopic (exact) mass is 202 g/mol. The molecular weight excluding hydrogens is 180 g/mol. The average molecular weight is 202 g/mol. The van der Waals surface area contributed by atoms with E-state index in [0.717, 1.165) is 19.6 Å². The zero-order valence-corrected chi connectivity index (χ0v) is 8.92. The summed E-state index contributed by atoms with van der Waals surface area (Å²) in [4.78, 5) is 0. The first-order chi connectivity index (χ1) is 6.70. The van der Waals surface area contributed by atoms with Gasteiger partial charge in [-0.3, -0.25) is 0 Å². The summed E-state index contributed by atoms with van der Waals surface area (Å²) < 4.78 is 0. The molecule has 1 aliphatic rings. The van der Waals surface area contributed by atoms with Crippen molar-refractivity contribution in [2.24, 2.45) is 5.92 Å². The second kappa shape index (κ2) is 5.66.